The first-order chi connectivity index (χ1) is 6.14. The Bertz CT molecular complexity index is 140. The molecule has 0 amide bonds. The molecule has 0 aliphatic heterocycles. The van der Waals surface area contributed by atoms with Gasteiger partial charge in [0.1, 0.15) is 0 Å². The average Bonchev–Trinajstić information content (AvgIpc) is 2.03. The summed E-state index contributed by atoms with van der Waals surface area (Å²) in [6.07, 6.45) is 10.3. The molecule has 1 heteroatoms. The van der Waals surface area contributed by atoms with Crippen molar-refractivity contribution in [1.82, 2.24) is 0 Å². The van der Waals surface area contributed by atoms with E-state index in [4.69, 9.17) is 0 Å². The maximum Gasteiger partial charge on any atom is -0.0232 e. The van der Waals surface area contributed by atoms with E-state index in [0.29, 0.717) is 5.41 Å². The molecule has 78 valence electrons. The maximum absolute atomic E-state index is 2.45. The topological polar surface area (TPSA) is 0 Å². The van der Waals surface area contributed by atoms with Crippen molar-refractivity contribution in [2.24, 2.45) is 5.41 Å². The van der Waals surface area contributed by atoms with E-state index in [0.717, 1.165) is 5.66 Å². The summed E-state index contributed by atoms with van der Waals surface area (Å²) < 4.78 is 0. The highest BCUT2D eigenvalue weighted by Crippen LogP contribution is 2.42. The van der Waals surface area contributed by atoms with Gasteiger partial charge in [-0.1, -0.05) is 33.6 Å². The molecule has 0 bridgehead atoms. The van der Waals surface area contributed by atoms with Crippen LogP contribution in [-0.2, 0) is 0 Å². The van der Waals surface area contributed by atoms with E-state index < -0.39 is 0 Å². The van der Waals surface area contributed by atoms with Gasteiger partial charge >= 0.3 is 0 Å². The molecule has 13 heavy (non-hydrogen) atoms. The number of hydrogen-bond acceptors (Lipinski definition) is 0. The first kappa shape index (κ1) is 11.5. The van der Waals surface area contributed by atoms with Crippen molar-refractivity contribution in [2.75, 3.05) is 6.16 Å². The van der Waals surface area contributed by atoms with Crippen LogP contribution in [0.3, 0.4) is 0 Å². The fourth-order valence-corrected chi connectivity index (χ4v) is 4.43. The van der Waals surface area contributed by atoms with Crippen LogP contribution < -0.4 is 0 Å². The lowest BCUT2D eigenvalue weighted by Gasteiger charge is -2.35. The standard InChI is InChI=1S/C12H25P/c1-4-5-9-13-11-7-6-8-12(2,3)10-11/h11,13H,4-10H2,1-3H3. The first-order valence-electron chi connectivity index (χ1n) is 5.87. The van der Waals surface area contributed by atoms with Crippen LogP contribution in [0.15, 0.2) is 0 Å². The summed E-state index contributed by atoms with van der Waals surface area (Å²) in [5, 5.41) is 0. The van der Waals surface area contributed by atoms with Gasteiger partial charge in [0.25, 0.3) is 0 Å². The summed E-state index contributed by atoms with van der Waals surface area (Å²) in [7, 11) is 1.25. The molecule has 0 N–H and O–H groups in total. The van der Waals surface area contributed by atoms with Crippen molar-refractivity contribution in [3.05, 3.63) is 0 Å². The molecule has 1 fully saturated rings. The minimum Gasteiger partial charge on any atom is -0.119 e. The Morgan fingerprint density at radius 2 is 2.15 bits per heavy atom. The zero-order valence-electron chi connectivity index (χ0n) is 9.53. The predicted molar refractivity (Wildman–Crippen MR) is 64.1 cm³/mol. The van der Waals surface area contributed by atoms with Crippen LogP contribution in [0.4, 0.5) is 0 Å². The molecule has 0 aromatic rings. The fourth-order valence-electron chi connectivity index (χ4n) is 2.36. The molecule has 0 spiro atoms. The van der Waals surface area contributed by atoms with Gasteiger partial charge in [0.05, 0.1) is 0 Å². The molecule has 1 saturated carbocycles. The predicted octanol–water partition coefficient (Wildman–Crippen LogP) is 4.43. The SMILES string of the molecule is CCCCPC1CCCC(C)(C)C1. The van der Waals surface area contributed by atoms with Crippen LogP contribution in [0.25, 0.3) is 0 Å². The van der Waals surface area contributed by atoms with Crippen LogP contribution in [0.5, 0.6) is 0 Å². The summed E-state index contributed by atoms with van der Waals surface area (Å²) in [6.45, 7) is 7.20. The second-order valence-corrected chi connectivity index (χ2v) is 6.99. The molecule has 1 aliphatic rings. The molecule has 0 nitrogen and oxygen atoms in total. The molecular weight excluding hydrogens is 175 g/mol. The molecule has 0 radical (unpaired) electrons. The zero-order valence-corrected chi connectivity index (χ0v) is 10.5. The van der Waals surface area contributed by atoms with E-state index in [1.807, 2.05) is 0 Å². The van der Waals surface area contributed by atoms with Crippen molar-refractivity contribution in [3.63, 3.8) is 0 Å². The Hall–Kier alpha value is 0.430. The van der Waals surface area contributed by atoms with Crippen molar-refractivity contribution >= 4 is 8.58 Å². The normalized spacial score (nSPS) is 28.4. The zero-order chi connectivity index (χ0) is 9.73. The highest BCUT2D eigenvalue weighted by Gasteiger charge is 2.27. The summed E-state index contributed by atoms with van der Waals surface area (Å²) in [5.74, 6) is 0. The lowest BCUT2D eigenvalue weighted by molar-refractivity contribution is 0.249. The highest BCUT2D eigenvalue weighted by molar-refractivity contribution is 7.38. The van der Waals surface area contributed by atoms with Gasteiger partial charge in [-0.05, 0) is 42.9 Å². The molecule has 0 saturated heterocycles. The van der Waals surface area contributed by atoms with Gasteiger partial charge in [0, 0.05) is 0 Å². The Labute approximate surface area is 85.7 Å². The van der Waals surface area contributed by atoms with Gasteiger partial charge in [0.2, 0.25) is 0 Å². The molecule has 2 atom stereocenters. The van der Waals surface area contributed by atoms with E-state index >= 15 is 0 Å². The molecule has 0 aromatic heterocycles. The van der Waals surface area contributed by atoms with Crippen LogP contribution in [0, 0.1) is 5.41 Å². The molecular formula is C12H25P. The fraction of sp³-hybridized carbons (Fsp3) is 1.00. The lowest BCUT2D eigenvalue weighted by Crippen LogP contribution is -2.23. The van der Waals surface area contributed by atoms with Crippen molar-refractivity contribution in [1.29, 1.82) is 0 Å². The maximum atomic E-state index is 2.45. The second-order valence-electron chi connectivity index (χ2n) is 5.27. The van der Waals surface area contributed by atoms with Crippen LogP contribution >= 0.6 is 8.58 Å². The molecule has 1 rings (SSSR count). The Morgan fingerprint density at radius 1 is 1.38 bits per heavy atom. The molecule has 2 unspecified atom stereocenters. The van der Waals surface area contributed by atoms with Gasteiger partial charge in [-0.15, -0.1) is 8.58 Å². The van der Waals surface area contributed by atoms with Crippen LogP contribution in [0.1, 0.15) is 59.3 Å². The monoisotopic (exact) mass is 200 g/mol. The minimum atomic E-state index is 0.655. The van der Waals surface area contributed by atoms with E-state index in [-0.39, 0.29) is 0 Å². The van der Waals surface area contributed by atoms with Crippen molar-refractivity contribution in [2.45, 2.75) is 65.0 Å². The third kappa shape index (κ3) is 4.45. The summed E-state index contributed by atoms with van der Waals surface area (Å²) in [4.78, 5) is 0. The Morgan fingerprint density at radius 3 is 2.77 bits per heavy atom. The van der Waals surface area contributed by atoms with Crippen molar-refractivity contribution in [3.8, 4) is 0 Å². The molecule has 0 heterocycles. The van der Waals surface area contributed by atoms with Gasteiger partial charge in [0.15, 0.2) is 0 Å². The quantitative estimate of drug-likeness (QED) is 0.465. The van der Waals surface area contributed by atoms with E-state index in [2.05, 4.69) is 20.8 Å². The van der Waals surface area contributed by atoms with Crippen molar-refractivity contribution < 1.29 is 0 Å². The average molecular weight is 200 g/mol. The summed E-state index contributed by atoms with van der Waals surface area (Å²) in [5.41, 5.74) is 1.73. The number of unbranched alkanes of at least 4 members (excludes halogenated alkanes) is 1. The van der Waals surface area contributed by atoms with Gasteiger partial charge in [-0.25, -0.2) is 0 Å². The Balaban J connectivity index is 2.19. The molecule has 0 aromatic carbocycles. The van der Waals surface area contributed by atoms with E-state index in [9.17, 15) is 0 Å². The van der Waals surface area contributed by atoms with Gasteiger partial charge in [-0.3, -0.25) is 0 Å². The Kier molecular flexibility index (Phi) is 4.73. The van der Waals surface area contributed by atoms with Gasteiger partial charge < -0.3 is 0 Å². The summed E-state index contributed by atoms with van der Waals surface area (Å²) >= 11 is 0. The largest absolute Gasteiger partial charge is 0.119 e. The van der Waals surface area contributed by atoms with Gasteiger partial charge in [-0.2, -0.15) is 0 Å². The highest BCUT2D eigenvalue weighted by atomic mass is 31.1. The number of hydrogen-bond donors (Lipinski definition) is 0. The third-order valence-electron chi connectivity index (χ3n) is 3.17. The smallest absolute Gasteiger partial charge is 0.0232 e. The number of rotatable bonds is 4. The lowest BCUT2D eigenvalue weighted by atomic mass is 9.77. The first-order valence-corrected chi connectivity index (χ1v) is 7.16. The van der Waals surface area contributed by atoms with E-state index in [1.165, 1.54) is 53.3 Å². The van der Waals surface area contributed by atoms with Crippen LogP contribution in [0.2, 0.25) is 0 Å². The van der Waals surface area contributed by atoms with Crippen LogP contribution in [-0.4, -0.2) is 11.8 Å². The molecule has 1 aliphatic carbocycles. The third-order valence-corrected chi connectivity index (χ3v) is 4.88. The van der Waals surface area contributed by atoms with E-state index in [1.54, 1.807) is 0 Å². The summed E-state index contributed by atoms with van der Waals surface area (Å²) in [6, 6.07) is 0. The minimum absolute atomic E-state index is 0.655. The second kappa shape index (κ2) is 5.35.